The normalized spacial score (nSPS) is 20.4. The zero-order valence-corrected chi connectivity index (χ0v) is 10.4. The number of ether oxygens (including phenoxy) is 2. The van der Waals surface area contributed by atoms with E-state index < -0.39 is 5.97 Å². The Bertz CT molecular complexity index is 568. The maximum Gasteiger partial charge on any atom is 0.303 e. The lowest BCUT2D eigenvalue weighted by Crippen LogP contribution is -2.33. The Labute approximate surface area is 109 Å². The van der Waals surface area contributed by atoms with Gasteiger partial charge >= 0.3 is 5.97 Å². The first kappa shape index (κ1) is 11.8. The van der Waals surface area contributed by atoms with Crippen molar-refractivity contribution in [3.63, 3.8) is 0 Å². The summed E-state index contributed by atoms with van der Waals surface area (Å²) < 4.78 is 10.6. The van der Waals surface area contributed by atoms with E-state index >= 15 is 0 Å². The van der Waals surface area contributed by atoms with Crippen molar-refractivity contribution in [3.8, 4) is 11.5 Å². The smallest absolute Gasteiger partial charge is 0.303 e. The number of hydrogen-bond acceptors (Lipinski definition) is 4. The molecular formula is C13H13NO5. The van der Waals surface area contributed by atoms with Gasteiger partial charge in [0, 0.05) is 25.5 Å². The van der Waals surface area contributed by atoms with Crippen LogP contribution in [0.2, 0.25) is 0 Å². The number of aliphatic carboxylic acids is 1. The number of fused-ring (bicyclic) bond motifs is 2. The molecule has 0 bridgehead atoms. The van der Waals surface area contributed by atoms with Crippen LogP contribution in [-0.2, 0) is 9.59 Å². The summed E-state index contributed by atoms with van der Waals surface area (Å²) in [5.41, 5.74) is 1.53. The molecule has 1 unspecified atom stereocenters. The van der Waals surface area contributed by atoms with E-state index in [1.807, 2.05) is 0 Å². The predicted molar refractivity (Wildman–Crippen MR) is 65.6 cm³/mol. The molecule has 1 amide bonds. The molecule has 0 aliphatic carbocycles. The number of carboxylic acid groups (broad SMARTS) is 1. The summed E-state index contributed by atoms with van der Waals surface area (Å²) in [6.45, 7) is 0.152. The number of carboxylic acids is 1. The van der Waals surface area contributed by atoms with Crippen molar-refractivity contribution in [2.24, 2.45) is 0 Å². The van der Waals surface area contributed by atoms with Crippen LogP contribution in [0.25, 0.3) is 0 Å². The third kappa shape index (κ3) is 1.89. The van der Waals surface area contributed by atoms with Gasteiger partial charge in [0.25, 0.3) is 0 Å². The fraction of sp³-hybridized carbons (Fsp3) is 0.385. The second kappa shape index (κ2) is 4.15. The molecule has 0 aromatic heterocycles. The van der Waals surface area contributed by atoms with Crippen molar-refractivity contribution in [3.05, 3.63) is 17.7 Å². The fourth-order valence-electron chi connectivity index (χ4n) is 2.55. The molecule has 0 saturated carbocycles. The Hall–Kier alpha value is -2.24. The van der Waals surface area contributed by atoms with Crippen molar-refractivity contribution in [2.45, 2.75) is 18.8 Å². The van der Waals surface area contributed by atoms with E-state index in [9.17, 15) is 9.59 Å². The van der Waals surface area contributed by atoms with Gasteiger partial charge < -0.3 is 19.5 Å². The summed E-state index contributed by atoms with van der Waals surface area (Å²) in [7, 11) is 1.68. The lowest BCUT2D eigenvalue weighted by molar-refractivity contribution is -0.137. The van der Waals surface area contributed by atoms with E-state index in [0.717, 1.165) is 5.56 Å². The van der Waals surface area contributed by atoms with E-state index in [-0.39, 0.29) is 31.5 Å². The van der Waals surface area contributed by atoms with Gasteiger partial charge in [0.05, 0.1) is 12.1 Å². The van der Waals surface area contributed by atoms with Crippen molar-refractivity contribution < 1.29 is 24.2 Å². The van der Waals surface area contributed by atoms with Crippen LogP contribution in [-0.4, -0.2) is 30.8 Å². The maximum atomic E-state index is 11.9. The second-order valence-electron chi connectivity index (χ2n) is 4.72. The summed E-state index contributed by atoms with van der Waals surface area (Å²) in [5, 5.41) is 8.96. The minimum absolute atomic E-state index is 0.0633. The van der Waals surface area contributed by atoms with E-state index in [4.69, 9.17) is 14.6 Å². The Morgan fingerprint density at radius 3 is 2.79 bits per heavy atom. The highest BCUT2D eigenvalue weighted by molar-refractivity contribution is 5.97. The minimum atomic E-state index is -0.911. The molecule has 100 valence electrons. The van der Waals surface area contributed by atoms with Crippen LogP contribution in [0.5, 0.6) is 11.5 Å². The van der Waals surface area contributed by atoms with Gasteiger partial charge in [-0.25, -0.2) is 0 Å². The number of nitrogens with zero attached hydrogens (tertiary/aromatic N) is 1. The van der Waals surface area contributed by atoms with Crippen LogP contribution in [0, 0.1) is 0 Å². The van der Waals surface area contributed by atoms with Gasteiger partial charge in [-0.1, -0.05) is 0 Å². The lowest BCUT2D eigenvalue weighted by atomic mass is 9.87. The highest BCUT2D eigenvalue weighted by atomic mass is 16.7. The second-order valence-corrected chi connectivity index (χ2v) is 4.72. The van der Waals surface area contributed by atoms with Gasteiger partial charge in [0.1, 0.15) is 0 Å². The predicted octanol–water partition coefficient (Wildman–Crippen LogP) is 1.34. The first-order valence-electron chi connectivity index (χ1n) is 5.98. The zero-order valence-electron chi connectivity index (χ0n) is 10.4. The summed E-state index contributed by atoms with van der Waals surface area (Å²) in [5.74, 6) is -0.111. The number of hydrogen-bond donors (Lipinski definition) is 1. The van der Waals surface area contributed by atoms with E-state index in [0.29, 0.717) is 17.2 Å². The van der Waals surface area contributed by atoms with Crippen molar-refractivity contribution in [1.29, 1.82) is 0 Å². The molecule has 6 heteroatoms. The van der Waals surface area contributed by atoms with Crippen LogP contribution >= 0.6 is 0 Å². The van der Waals surface area contributed by atoms with Gasteiger partial charge in [-0.15, -0.1) is 0 Å². The monoisotopic (exact) mass is 263 g/mol. The molecule has 3 rings (SSSR count). The molecule has 1 atom stereocenters. The molecule has 1 aromatic rings. The number of carbonyl (C=O) groups is 2. The number of rotatable bonds is 2. The van der Waals surface area contributed by atoms with Crippen LogP contribution in [0.15, 0.2) is 12.1 Å². The molecule has 0 spiro atoms. The first-order chi connectivity index (χ1) is 9.06. The molecule has 1 N–H and O–H groups in total. The fourth-order valence-corrected chi connectivity index (χ4v) is 2.55. The molecule has 0 radical (unpaired) electrons. The third-order valence-corrected chi connectivity index (χ3v) is 3.54. The number of anilines is 1. The molecule has 0 saturated heterocycles. The molecule has 6 nitrogen and oxygen atoms in total. The zero-order chi connectivity index (χ0) is 13.6. The number of amides is 1. The van der Waals surface area contributed by atoms with Gasteiger partial charge in [0.2, 0.25) is 12.7 Å². The van der Waals surface area contributed by atoms with Crippen molar-refractivity contribution in [1.82, 2.24) is 0 Å². The molecule has 1 aromatic carbocycles. The van der Waals surface area contributed by atoms with Crippen molar-refractivity contribution >= 4 is 17.6 Å². The van der Waals surface area contributed by atoms with Crippen LogP contribution in [0.4, 0.5) is 5.69 Å². The Kier molecular flexibility index (Phi) is 2.58. The van der Waals surface area contributed by atoms with E-state index in [2.05, 4.69) is 0 Å². The average Bonchev–Trinajstić information content (AvgIpc) is 2.80. The Morgan fingerprint density at radius 2 is 2.11 bits per heavy atom. The summed E-state index contributed by atoms with van der Waals surface area (Å²) in [4.78, 5) is 24.4. The minimum Gasteiger partial charge on any atom is -0.481 e. The summed E-state index contributed by atoms with van der Waals surface area (Å²) in [6.07, 6.45) is 0.141. The van der Waals surface area contributed by atoms with Crippen LogP contribution in [0.1, 0.15) is 24.3 Å². The highest BCUT2D eigenvalue weighted by Gasteiger charge is 2.33. The Morgan fingerprint density at radius 1 is 1.42 bits per heavy atom. The van der Waals surface area contributed by atoms with Gasteiger partial charge in [-0.3, -0.25) is 9.59 Å². The SMILES string of the molecule is CN1C(=O)CC(CC(=O)O)c2cc3c(cc21)OCO3. The van der Waals surface area contributed by atoms with Crippen LogP contribution < -0.4 is 14.4 Å². The number of carbonyl (C=O) groups excluding carboxylic acids is 1. The molecule has 0 fully saturated rings. The average molecular weight is 263 g/mol. The topological polar surface area (TPSA) is 76.1 Å². The van der Waals surface area contributed by atoms with Gasteiger partial charge in [-0.05, 0) is 11.6 Å². The van der Waals surface area contributed by atoms with Crippen LogP contribution in [0.3, 0.4) is 0 Å². The van der Waals surface area contributed by atoms with Gasteiger partial charge in [-0.2, -0.15) is 0 Å². The van der Waals surface area contributed by atoms with E-state index in [1.54, 1.807) is 19.2 Å². The van der Waals surface area contributed by atoms with Gasteiger partial charge in [0.15, 0.2) is 11.5 Å². The highest BCUT2D eigenvalue weighted by Crippen LogP contribution is 2.45. The quantitative estimate of drug-likeness (QED) is 0.871. The molecule has 2 aliphatic heterocycles. The lowest BCUT2D eigenvalue weighted by Gasteiger charge is -2.31. The Balaban J connectivity index is 2.08. The van der Waals surface area contributed by atoms with E-state index in [1.165, 1.54) is 4.90 Å². The molecule has 2 aliphatic rings. The molecule has 19 heavy (non-hydrogen) atoms. The molecule has 2 heterocycles. The first-order valence-corrected chi connectivity index (χ1v) is 5.98. The standard InChI is InChI=1S/C13H13NO5/c1-14-9-5-11-10(18-6-19-11)4-8(9)7(2-12(14)15)3-13(16)17/h4-5,7H,2-3,6H2,1H3,(H,16,17). The largest absolute Gasteiger partial charge is 0.481 e. The third-order valence-electron chi connectivity index (χ3n) is 3.54. The maximum absolute atomic E-state index is 11.9. The molecular weight excluding hydrogens is 250 g/mol. The number of benzene rings is 1. The van der Waals surface area contributed by atoms with Crippen molar-refractivity contribution in [2.75, 3.05) is 18.7 Å². The summed E-state index contributed by atoms with van der Waals surface area (Å²) >= 11 is 0. The summed E-state index contributed by atoms with van der Waals surface area (Å²) in [6, 6.07) is 3.53.